The number of aliphatic hydroxyl groups excluding tert-OH is 1. The maximum absolute atomic E-state index is 13.3. The lowest BCUT2D eigenvalue weighted by Crippen LogP contribution is -2.48. The van der Waals surface area contributed by atoms with E-state index in [-0.39, 0.29) is 29.6 Å². The number of anilines is 1. The van der Waals surface area contributed by atoms with Gasteiger partial charge in [0, 0.05) is 24.3 Å². The van der Waals surface area contributed by atoms with Gasteiger partial charge in [0.05, 0.1) is 18.8 Å². The Labute approximate surface area is 117 Å². The molecule has 3 N–H and O–H groups in total. The van der Waals surface area contributed by atoms with Crippen molar-refractivity contribution >= 4 is 22.9 Å². The highest BCUT2D eigenvalue weighted by atomic mass is 32.1. The molecule has 0 aliphatic carbocycles. The van der Waals surface area contributed by atoms with Crippen molar-refractivity contribution in [1.82, 2.24) is 0 Å². The van der Waals surface area contributed by atoms with Crippen LogP contribution in [0.4, 0.5) is 10.1 Å². The summed E-state index contributed by atoms with van der Waals surface area (Å²) in [6, 6.07) is 4.38. The van der Waals surface area contributed by atoms with Crippen LogP contribution >= 0.6 is 12.2 Å². The summed E-state index contributed by atoms with van der Waals surface area (Å²) in [7, 11) is 0. The summed E-state index contributed by atoms with van der Waals surface area (Å²) in [6.45, 7) is 3.06. The molecule has 1 fully saturated rings. The topological polar surface area (TPSA) is 58.7 Å². The molecule has 0 saturated carbocycles. The van der Waals surface area contributed by atoms with E-state index in [1.807, 2.05) is 11.8 Å². The van der Waals surface area contributed by atoms with E-state index in [0.29, 0.717) is 18.7 Å². The minimum absolute atomic E-state index is 0.0184. The zero-order valence-electron chi connectivity index (χ0n) is 10.7. The molecule has 1 aromatic carbocycles. The average Bonchev–Trinajstić information content (AvgIpc) is 2.37. The third-order valence-electron chi connectivity index (χ3n) is 3.09. The maximum Gasteiger partial charge on any atom is 0.124 e. The fraction of sp³-hybridized carbons (Fsp3) is 0.462. The number of nitrogens with zero attached hydrogens (tertiary/aromatic N) is 1. The second-order valence-corrected chi connectivity index (χ2v) is 5.12. The Morgan fingerprint density at radius 2 is 2.32 bits per heavy atom. The van der Waals surface area contributed by atoms with E-state index in [2.05, 4.69) is 0 Å². The fourth-order valence-electron chi connectivity index (χ4n) is 2.32. The number of halogens is 1. The molecule has 2 rings (SSSR count). The van der Waals surface area contributed by atoms with Crippen molar-refractivity contribution in [3.05, 3.63) is 29.6 Å². The summed E-state index contributed by atoms with van der Waals surface area (Å²) in [6.07, 6.45) is -0.275. The Bertz CT molecular complexity index is 484. The zero-order chi connectivity index (χ0) is 14.0. The number of ether oxygens (including phenoxy) is 1. The monoisotopic (exact) mass is 284 g/mol. The smallest absolute Gasteiger partial charge is 0.124 e. The van der Waals surface area contributed by atoms with E-state index in [9.17, 15) is 9.50 Å². The lowest BCUT2D eigenvalue weighted by Gasteiger charge is -2.38. The number of rotatable bonds is 3. The molecular formula is C13H17FN2O2S. The second kappa shape index (κ2) is 5.81. The van der Waals surface area contributed by atoms with Crippen LogP contribution in [0.25, 0.3) is 0 Å². The number of morpholine rings is 1. The maximum atomic E-state index is 13.3. The first-order valence-electron chi connectivity index (χ1n) is 6.12. The Balaban J connectivity index is 2.32. The minimum Gasteiger partial charge on any atom is -0.394 e. The highest BCUT2D eigenvalue weighted by Gasteiger charge is 2.26. The van der Waals surface area contributed by atoms with Gasteiger partial charge in [0.15, 0.2) is 0 Å². The zero-order valence-corrected chi connectivity index (χ0v) is 11.5. The van der Waals surface area contributed by atoms with Gasteiger partial charge in [0.2, 0.25) is 0 Å². The molecule has 0 spiro atoms. The molecular weight excluding hydrogens is 267 g/mol. The summed E-state index contributed by atoms with van der Waals surface area (Å²) < 4.78 is 18.9. The van der Waals surface area contributed by atoms with Crippen LogP contribution in [0.1, 0.15) is 12.5 Å². The van der Waals surface area contributed by atoms with Crippen LogP contribution in [0.15, 0.2) is 18.2 Å². The summed E-state index contributed by atoms with van der Waals surface area (Å²) in [4.78, 5) is 2.18. The highest BCUT2D eigenvalue weighted by Crippen LogP contribution is 2.25. The van der Waals surface area contributed by atoms with Gasteiger partial charge in [-0.05, 0) is 25.1 Å². The van der Waals surface area contributed by atoms with Crippen molar-refractivity contribution in [2.45, 2.75) is 19.1 Å². The van der Waals surface area contributed by atoms with Gasteiger partial charge in [-0.25, -0.2) is 4.39 Å². The highest BCUT2D eigenvalue weighted by molar-refractivity contribution is 7.80. The van der Waals surface area contributed by atoms with Crippen LogP contribution in [0.3, 0.4) is 0 Å². The van der Waals surface area contributed by atoms with Gasteiger partial charge in [-0.3, -0.25) is 0 Å². The van der Waals surface area contributed by atoms with E-state index < -0.39 is 0 Å². The normalized spacial score (nSPS) is 23.4. The number of thiocarbonyl (C=S) groups is 1. The van der Waals surface area contributed by atoms with E-state index in [4.69, 9.17) is 22.7 Å². The first-order chi connectivity index (χ1) is 9.01. The lowest BCUT2D eigenvalue weighted by molar-refractivity contribution is -0.0421. The predicted molar refractivity (Wildman–Crippen MR) is 75.9 cm³/mol. The quantitative estimate of drug-likeness (QED) is 0.812. The first kappa shape index (κ1) is 14.2. The number of aliphatic hydroxyl groups is 1. The summed E-state index contributed by atoms with van der Waals surface area (Å²) >= 11 is 4.97. The molecule has 2 unspecified atom stereocenters. The van der Waals surface area contributed by atoms with E-state index in [1.165, 1.54) is 12.1 Å². The molecule has 0 amide bonds. The standard InChI is InChI=1S/C13H17FN2O2S/c1-8-5-16(6-10(7-17)18-8)12-3-2-9(14)4-11(12)13(15)19/h2-4,8,10,17H,5-7H2,1H3,(H2,15,19). The van der Waals surface area contributed by atoms with Crippen LogP contribution in [0.5, 0.6) is 0 Å². The Morgan fingerprint density at radius 1 is 1.58 bits per heavy atom. The van der Waals surface area contributed by atoms with E-state index in [1.54, 1.807) is 6.07 Å². The lowest BCUT2D eigenvalue weighted by atomic mass is 10.1. The molecule has 19 heavy (non-hydrogen) atoms. The van der Waals surface area contributed by atoms with E-state index >= 15 is 0 Å². The van der Waals surface area contributed by atoms with Crippen LogP contribution in [0, 0.1) is 5.82 Å². The van der Waals surface area contributed by atoms with Gasteiger partial charge in [0.1, 0.15) is 10.8 Å². The number of hydrogen-bond acceptors (Lipinski definition) is 4. The molecule has 1 aliphatic heterocycles. The van der Waals surface area contributed by atoms with Gasteiger partial charge < -0.3 is 20.5 Å². The molecule has 4 nitrogen and oxygen atoms in total. The van der Waals surface area contributed by atoms with Crippen LogP contribution in [-0.2, 0) is 4.74 Å². The molecule has 6 heteroatoms. The second-order valence-electron chi connectivity index (χ2n) is 4.68. The third kappa shape index (κ3) is 3.20. The Hall–Kier alpha value is -1.24. The van der Waals surface area contributed by atoms with Crippen molar-refractivity contribution in [3.63, 3.8) is 0 Å². The molecule has 0 aromatic heterocycles. The first-order valence-corrected chi connectivity index (χ1v) is 6.52. The number of hydrogen-bond donors (Lipinski definition) is 2. The van der Waals surface area contributed by atoms with Crippen molar-refractivity contribution in [1.29, 1.82) is 0 Å². The van der Waals surface area contributed by atoms with E-state index in [0.717, 1.165) is 5.69 Å². The van der Waals surface area contributed by atoms with Crippen LogP contribution in [-0.4, -0.2) is 42.0 Å². The predicted octanol–water partition coefficient (Wildman–Crippen LogP) is 1.05. The molecule has 0 radical (unpaired) electrons. The SMILES string of the molecule is CC1CN(c2ccc(F)cc2C(N)=S)CC(CO)O1. The van der Waals surface area contributed by atoms with Crippen LogP contribution < -0.4 is 10.6 Å². The van der Waals surface area contributed by atoms with Crippen molar-refractivity contribution in [2.24, 2.45) is 5.73 Å². The van der Waals surface area contributed by atoms with Crippen molar-refractivity contribution in [2.75, 3.05) is 24.6 Å². The van der Waals surface area contributed by atoms with Gasteiger partial charge in [0.25, 0.3) is 0 Å². The van der Waals surface area contributed by atoms with Gasteiger partial charge in [-0.2, -0.15) is 0 Å². The summed E-state index contributed by atoms with van der Waals surface area (Å²) in [5.41, 5.74) is 6.94. The van der Waals surface area contributed by atoms with Gasteiger partial charge >= 0.3 is 0 Å². The fourth-order valence-corrected chi connectivity index (χ4v) is 2.49. The van der Waals surface area contributed by atoms with Crippen molar-refractivity contribution in [3.8, 4) is 0 Å². The molecule has 0 bridgehead atoms. The Morgan fingerprint density at radius 3 is 2.95 bits per heavy atom. The molecule has 104 valence electrons. The van der Waals surface area contributed by atoms with Crippen molar-refractivity contribution < 1.29 is 14.2 Å². The Kier molecular flexibility index (Phi) is 4.34. The summed E-state index contributed by atoms with van der Waals surface area (Å²) in [5.74, 6) is -0.369. The average molecular weight is 284 g/mol. The van der Waals surface area contributed by atoms with Gasteiger partial charge in [-0.1, -0.05) is 12.2 Å². The molecule has 1 saturated heterocycles. The number of benzene rings is 1. The third-order valence-corrected chi connectivity index (χ3v) is 3.31. The van der Waals surface area contributed by atoms with Crippen LogP contribution in [0.2, 0.25) is 0 Å². The molecule has 1 heterocycles. The summed E-state index contributed by atoms with van der Waals surface area (Å²) in [5, 5.41) is 9.23. The minimum atomic E-state index is -0.369. The molecule has 1 aromatic rings. The molecule has 1 aliphatic rings. The number of nitrogens with two attached hydrogens (primary N) is 1. The largest absolute Gasteiger partial charge is 0.394 e. The molecule has 2 atom stereocenters. The van der Waals surface area contributed by atoms with Gasteiger partial charge in [-0.15, -0.1) is 0 Å².